The number of halogens is 6. The van der Waals surface area contributed by atoms with Gasteiger partial charge >= 0.3 is 12.1 Å². The molecule has 2 N–H and O–H groups in total. The van der Waals surface area contributed by atoms with E-state index >= 15 is 0 Å². The summed E-state index contributed by atoms with van der Waals surface area (Å²) in [6.45, 7) is 0. The Bertz CT molecular complexity index is 379. The standard InChI is InChI=1S/C8H6ClF5N2/c9-6-4(2-1-3-16-6)5(15)7(10,11)8(12,13)14/h1-3,5H,15H2/t5-/m1/s1. The fraction of sp³-hybridized carbons (Fsp3) is 0.375. The molecule has 0 amide bonds. The van der Waals surface area contributed by atoms with E-state index in [2.05, 4.69) is 4.98 Å². The zero-order valence-corrected chi connectivity index (χ0v) is 8.36. The third-order valence-corrected chi connectivity index (χ3v) is 2.21. The van der Waals surface area contributed by atoms with Crippen LogP contribution >= 0.6 is 11.6 Å². The van der Waals surface area contributed by atoms with Gasteiger partial charge in [0.25, 0.3) is 0 Å². The lowest BCUT2D eigenvalue weighted by atomic mass is 10.0. The van der Waals surface area contributed by atoms with Crippen LogP contribution < -0.4 is 5.73 Å². The molecule has 1 rings (SSSR count). The lowest BCUT2D eigenvalue weighted by Crippen LogP contribution is -2.46. The molecule has 0 aliphatic rings. The maximum atomic E-state index is 12.9. The fourth-order valence-electron chi connectivity index (χ4n) is 1.00. The van der Waals surface area contributed by atoms with Crippen LogP contribution in [0.4, 0.5) is 22.0 Å². The molecule has 0 unspecified atom stereocenters. The third kappa shape index (κ3) is 2.25. The average molecular weight is 261 g/mol. The van der Waals surface area contributed by atoms with Gasteiger partial charge in [0.1, 0.15) is 11.2 Å². The summed E-state index contributed by atoms with van der Waals surface area (Å²) in [7, 11) is 0. The Labute approximate surface area is 92.2 Å². The molecule has 0 bridgehead atoms. The van der Waals surface area contributed by atoms with Crippen molar-refractivity contribution in [3.05, 3.63) is 29.0 Å². The first-order chi connectivity index (χ1) is 7.18. The van der Waals surface area contributed by atoms with Crippen molar-refractivity contribution in [2.45, 2.75) is 18.1 Å². The molecule has 1 aromatic rings. The fourth-order valence-corrected chi connectivity index (χ4v) is 1.24. The van der Waals surface area contributed by atoms with E-state index in [0.29, 0.717) is 0 Å². The Morgan fingerprint density at radius 3 is 2.25 bits per heavy atom. The van der Waals surface area contributed by atoms with E-state index in [9.17, 15) is 22.0 Å². The molecule has 90 valence electrons. The molecular formula is C8H6ClF5N2. The van der Waals surface area contributed by atoms with Crippen molar-refractivity contribution in [2.24, 2.45) is 5.73 Å². The van der Waals surface area contributed by atoms with Crippen LogP contribution in [0.5, 0.6) is 0 Å². The first kappa shape index (κ1) is 13.1. The van der Waals surface area contributed by atoms with Crippen molar-refractivity contribution >= 4 is 11.6 Å². The third-order valence-electron chi connectivity index (χ3n) is 1.89. The Hall–Kier alpha value is -0.950. The molecule has 1 aromatic heterocycles. The first-order valence-electron chi connectivity index (χ1n) is 3.98. The smallest absolute Gasteiger partial charge is 0.319 e. The number of hydrogen-bond donors (Lipinski definition) is 1. The molecule has 1 atom stereocenters. The van der Waals surface area contributed by atoms with Crippen molar-refractivity contribution in [1.29, 1.82) is 0 Å². The maximum Gasteiger partial charge on any atom is 0.455 e. The second-order valence-corrected chi connectivity index (χ2v) is 3.34. The molecule has 0 saturated heterocycles. The second-order valence-electron chi connectivity index (χ2n) is 2.98. The molecule has 2 nitrogen and oxygen atoms in total. The molecule has 8 heteroatoms. The van der Waals surface area contributed by atoms with Crippen LogP contribution in [0.2, 0.25) is 5.15 Å². The second kappa shape index (κ2) is 4.14. The largest absolute Gasteiger partial charge is 0.455 e. The highest BCUT2D eigenvalue weighted by atomic mass is 35.5. The topological polar surface area (TPSA) is 38.9 Å². The van der Waals surface area contributed by atoms with Crippen LogP contribution in [0.25, 0.3) is 0 Å². The minimum atomic E-state index is -5.73. The van der Waals surface area contributed by atoms with Crippen LogP contribution in [0.1, 0.15) is 11.6 Å². The number of alkyl halides is 5. The van der Waals surface area contributed by atoms with Gasteiger partial charge in [-0.3, -0.25) is 0 Å². The molecule has 0 aromatic carbocycles. The van der Waals surface area contributed by atoms with Gasteiger partial charge in [-0.05, 0) is 6.07 Å². The number of aromatic nitrogens is 1. The summed E-state index contributed by atoms with van der Waals surface area (Å²) < 4.78 is 61.7. The van der Waals surface area contributed by atoms with Crippen molar-refractivity contribution in [2.75, 3.05) is 0 Å². The van der Waals surface area contributed by atoms with Gasteiger partial charge < -0.3 is 5.73 Å². The predicted molar refractivity (Wildman–Crippen MR) is 47.2 cm³/mol. The van der Waals surface area contributed by atoms with Gasteiger partial charge in [0.15, 0.2) is 0 Å². The van der Waals surface area contributed by atoms with Gasteiger partial charge in [-0.15, -0.1) is 0 Å². The van der Waals surface area contributed by atoms with Gasteiger partial charge in [0.05, 0.1) is 0 Å². The van der Waals surface area contributed by atoms with Gasteiger partial charge in [0, 0.05) is 11.8 Å². The lowest BCUT2D eigenvalue weighted by Gasteiger charge is -2.26. The summed E-state index contributed by atoms with van der Waals surface area (Å²) in [6.07, 6.45) is -4.57. The van der Waals surface area contributed by atoms with Crippen LogP contribution in [-0.2, 0) is 0 Å². The minimum Gasteiger partial charge on any atom is -0.319 e. The number of pyridine rings is 1. The van der Waals surface area contributed by atoms with Gasteiger partial charge in [-0.25, -0.2) is 4.98 Å². The minimum absolute atomic E-state index is 0.473. The van der Waals surface area contributed by atoms with E-state index in [0.717, 1.165) is 12.3 Å². The number of nitrogens with zero attached hydrogens (tertiary/aromatic N) is 1. The highest BCUT2D eigenvalue weighted by Gasteiger charge is 2.62. The van der Waals surface area contributed by atoms with Gasteiger partial charge in [0.2, 0.25) is 0 Å². The summed E-state index contributed by atoms with van der Waals surface area (Å²) in [5, 5.41) is -0.473. The molecule has 0 radical (unpaired) electrons. The maximum absolute atomic E-state index is 12.9. The normalized spacial score (nSPS) is 14.9. The van der Waals surface area contributed by atoms with Crippen molar-refractivity contribution < 1.29 is 22.0 Å². The molecule has 0 aliphatic heterocycles. The molecule has 0 fully saturated rings. The summed E-state index contributed by atoms with van der Waals surface area (Å²) in [5.74, 6) is -5.06. The van der Waals surface area contributed by atoms with E-state index in [1.165, 1.54) is 6.07 Å². The molecule has 0 spiro atoms. The Morgan fingerprint density at radius 1 is 1.25 bits per heavy atom. The number of nitrogens with two attached hydrogens (primary N) is 1. The van der Waals surface area contributed by atoms with E-state index in [1.807, 2.05) is 0 Å². The highest BCUT2D eigenvalue weighted by molar-refractivity contribution is 6.30. The SMILES string of the molecule is N[C@H](c1cccnc1Cl)C(F)(F)C(F)(F)F. The van der Waals surface area contributed by atoms with Crippen molar-refractivity contribution in [1.82, 2.24) is 4.98 Å². The van der Waals surface area contributed by atoms with E-state index < -0.39 is 28.9 Å². The summed E-state index contributed by atoms with van der Waals surface area (Å²) >= 11 is 5.38. The van der Waals surface area contributed by atoms with Crippen LogP contribution in [0.3, 0.4) is 0 Å². The zero-order chi connectivity index (χ0) is 12.6. The van der Waals surface area contributed by atoms with Crippen LogP contribution in [0.15, 0.2) is 18.3 Å². The number of rotatable bonds is 2. The van der Waals surface area contributed by atoms with Crippen LogP contribution in [0, 0.1) is 0 Å². The highest BCUT2D eigenvalue weighted by Crippen LogP contribution is 2.44. The predicted octanol–water partition coefficient (Wildman–Crippen LogP) is 2.93. The van der Waals surface area contributed by atoms with E-state index in [4.69, 9.17) is 17.3 Å². The van der Waals surface area contributed by atoms with Crippen molar-refractivity contribution in [3.8, 4) is 0 Å². The molecule has 0 aliphatic carbocycles. The zero-order valence-electron chi connectivity index (χ0n) is 7.60. The Morgan fingerprint density at radius 2 is 1.81 bits per heavy atom. The Kier molecular flexibility index (Phi) is 3.39. The van der Waals surface area contributed by atoms with E-state index in [1.54, 1.807) is 0 Å². The molecule has 1 heterocycles. The first-order valence-corrected chi connectivity index (χ1v) is 4.36. The summed E-state index contributed by atoms with van der Waals surface area (Å²) in [5.41, 5.74) is 4.32. The molecule has 0 saturated carbocycles. The average Bonchev–Trinajstić information content (AvgIpc) is 2.15. The number of hydrogen-bond acceptors (Lipinski definition) is 2. The van der Waals surface area contributed by atoms with E-state index in [-0.39, 0.29) is 0 Å². The van der Waals surface area contributed by atoms with Crippen LogP contribution in [-0.4, -0.2) is 17.1 Å². The van der Waals surface area contributed by atoms with Gasteiger partial charge in [-0.1, -0.05) is 17.7 Å². The molecular weight excluding hydrogens is 255 g/mol. The summed E-state index contributed by atoms with van der Waals surface area (Å²) in [6, 6.07) is -0.429. The lowest BCUT2D eigenvalue weighted by molar-refractivity contribution is -0.291. The van der Waals surface area contributed by atoms with Crippen molar-refractivity contribution in [3.63, 3.8) is 0 Å². The van der Waals surface area contributed by atoms with Gasteiger partial charge in [-0.2, -0.15) is 22.0 Å². The summed E-state index contributed by atoms with van der Waals surface area (Å²) in [4.78, 5) is 3.38. The molecule has 16 heavy (non-hydrogen) atoms. The monoisotopic (exact) mass is 260 g/mol. The Balaban J connectivity index is 3.12. The quantitative estimate of drug-likeness (QED) is 0.656.